The summed E-state index contributed by atoms with van der Waals surface area (Å²) in [5, 5.41) is -0.0343. The van der Waals surface area contributed by atoms with E-state index in [4.69, 9.17) is 28.9 Å². The van der Waals surface area contributed by atoms with E-state index in [1.165, 1.54) is 6.42 Å². The summed E-state index contributed by atoms with van der Waals surface area (Å²) in [5.41, 5.74) is 5.65. The number of alkyl halides is 2. The number of hydrogen-bond donors (Lipinski definition) is 1. The van der Waals surface area contributed by atoms with Gasteiger partial charge in [0.25, 0.3) is 0 Å². The molecular weight excluding hydrogens is 157 g/mol. The van der Waals surface area contributed by atoms with E-state index in [9.17, 15) is 0 Å². The maximum absolute atomic E-state index is 5.87. The Hall–Kier alpha value is 0.540. The number of halogens is 2. The zero-order valence-electron chi connectivity index (χ0n) is 5.24. The molecule has 2 atom stereocenters. The van der Waals surface area contributed by atoms with Gasteiger partial charge in [0.1, 0.15) is 5.00 Å². The summed E-state index contributed by atoms with van der Waals surface area (Å²) in [7, 11) is 0. The van der Waals surface area contributed by atoms with Crippen LogP contribution in [0.4, 0.5) is 0 Å². The van der Waals surface area contributed by atoms with E-state index in [1.807, 2.05) is 0 Å². The van der Waals surface area contributed by atoms with Crippen molar-refractivity contribution in [3.8, 4) is 0 Å². The van der Waals surface area contributed by atoms with E-state index in [-0.39, 0.29) is 5.38 Å². The van der Waals surface area contributed by atoms with Crippen molar-refractivity contribution in [3.05, 3.63) is 0 Å². The highest BCUT2D eigenvalue weighted by atomic mass is 35.5. The molecule has 0 aliphatic heterocycles. The molecule has 0 heterocycles. The second kappa shape index (κ2) is 2.65. The molecule has 0 bridgehead atoms. The molecule has 1 nitrogen and oxygen atoms in total. The Kier molecular flexibility index (Phi) is 2.25. The number of rotatable bonds is 0. The van der Waals surface area contributed by atoms with Crippen LogP contribution in [0, 0.1) is 0 Å². The topological polar surface area (TPSA) is 26.0 Å². The van der Waals surface area contributed by atoms with Crippen LogP contribution in [0.5, 0.6) is 0 Å². The Morgan fingerprint density at radius 3 is 2.44 bits per heavy atom. The highest BCUT2D eigenvalue weighted by Gasteiger charge is 2.33. The molecule has 0 aromatic rings. The molecule has 0 amide bonds. The first kappa shape index (κ1) is 7.64. The normalized spacial score (nSPS) is 45.0. The van der Waals surface area contributed by atoms with Crippen molar-refractivity contribution in [1.29, 1.82) is 0 Å². The van der Waals surface area contributed by atoms with Crippen molar-refractivity contribution in [1.82, 2.24) is 0 Å². The van der Waals surface area contributed by atoms with Crippen molar-refractivity contribution in [2.45, 2.75) is 36.1 Å². The standard InChI is InChI=1S/C6H11Cl2N/c7-5-3-1-2-4-6(5,8)9/h5H,1-4,9H2. The van der Waals surface area contributed by atoms with Crippen molar-refractivity contribution in [3.63, 3.8) is 0 Å². The molecule has 0 radical (unpaired) electrons. The van der Waals surface area contributed by atoms with Gasteiger partial charge < -0.3 is 5.73 Å². The quantitative estimate of drug-likeness (QED) is 0.434. The van der Waals surface area contributed by atoms with Crippen molar-refractivity contribution < 1.29 is 0 Å². The lowest BCUT2D eigenvalue weighted by Crippen LogP contribution is -2.44. The molecule has 54 valence electrons. The fourth-order valence-electron chi connectivity index (χ4n) is 1.12. The molecule has 1 aliphatic carbocycles. The Morgan fingerprint density at radius 2 is 2.11 bits per heavy atom. The van der Waals surface area contributed by atoms with Gasteiger partial charge >= 0.3 is 0 Å². The van der Waals surface area contributed by atoms with Gasteiger partial charge in [-0.25, -0.2) is 0 Å². The zero-order chi connectivity index (χ0) is 6.91. The molecule has 1 fully saturated rings. The summed E-state index contributed by atoms with van der Waals surface area (Å²) in [4.78, 5) is -0.625. The molecule has 0 saturated heterocycles. The van der Waals surface area contributed by atoms with Crippen LogP contribution in [0.1, 0.15) is 25.7 Å². The predicted molar refractivity (Wildman–Crippen MR) is 40.9 cm³/mol. The van der Waals surface area contributed by atoms with Crippen LogP contribution < -0.4 is 5.73 Å². The average Bonchev–Trinajstić information content (AvgIpc) is 1.77. The highest BCUT2D eigenvalue weighted by Crippen LogP contribution is 2.33. The van der Waals surface area contributed by atoms with Crippen LogP contribution in [0.15, 0.2) is 0 Å². The summed E-state index contributed by atoms with van der Waals surface area (Å²) in [5.74, 6) is 0. The minimum atomic E-state index is -0.625. The largest absolute Gasteiger partial charge is 0.312 e. The molecule has 1 rings (SSSR count). The van der Waals surface area contributed by atoms with E-state index in [0.29, 0.717) is 0 Å². The fraction of sp³-hybridized carbons (Fsp3) is 1.00. The minimum Gasteiger partial charge on any atom is -0.312 e. The Morgan fingerprint density at radius 1 is 1.44 bits per heavy atom. The van der Waals surface area contributed by atoms with Crippen LogP contribution in [0.3, 0.4) is 0 Å². The molecule has 0 spiro atoms. The van der Waals surface area contributed by atoms with Crippen molar-refractivity contribution in [2.75, 3.05) is 0 Å². The lowest BCUT2D eigenvalue weighted by molar-refractivity contribution is 0.406. The third-order valence-corrected chi connectivity index (χ3v) is 2.96. The van der Waals surface area contributed by atoms with Gasteiger partial charge in [0.2, 0.25) is 0 Å². The van der Waals surface area contributed by atoms with Gasteiger partial charge in [-0.2, -0.15) is 0 Å². The Labute approximate surface area is 65.5 Å². The van der Waals surface area contributed by atoms with Crippen molar-refractivity contribution >= 4 is 23.2 Å². The molecule has 0 aromatic carbocycles. The first-order valence-corrected chi connectivity index (χ1v) is 4.06. The molecule has 1 saturated carbocycles. The SMILES string of the molecule is NC1(Cl)CCCCC1Cl. The maximum Gasteiger partial charge on any atom is 0.108 e. The zero-order valence-corrected chi connectivity index (χ0v) is 6.75. The number of hydrogen-bond acceptors (Lipinski definition) is 1. The van der Waals surface area contributed by atoms with Crippen LogP contribution in [-0.4, -0.2) is 10.4 Å². The Balaban J connectivity index is 2.49. The van der Waals surface area contributed by atoms with Crippen LogP contribution >= 0.6 is 23.2 Å². The first-order valence-electron chi connectivity index (χ1n) is 3.25. The summed E-state index contributed by atoms with van der Waals surface area (Å²) in [6, 6.07) is 0. The van der Waals surface area contributed by atoms with E-state index in [0.717, 1.165) is 19.3 Å². The summed E-state index contributed by atoms with van der Waals surface area (Å²) in [6.07, 6.45) is 4.09. The van der Waals surface area contributed by atoms with E-state index < -0.39 is 5.00 Å². The average molecular weight is 168 g/mol. The third-order valence-electron chi connectivity index (χ3n) is 1.79. The number of nitrogens with two attached hydrogens (primary N) is 1. The van der Waals surface area contributed by atoms with Gasteiger partial charge in [-0.05, 0) is 12.8 Å². The maximum atomic E-state index is 5.87. The first-order chi connectivity index (χ1) is 4.13. The van der Waals surface area contributed by atoms with Gasteiger partial charge in [0, 0.05) is 0 Å². The smallest absolute Gasteiger partial charge is 0.108 e. The molecule has 1 aliphatic rings. The van der Waals surface area contributed by atoms with Gasteiger partial charge in [0.05, 0.1) is 5.38 Å². The summed E-state index contributed by atoms with van der Waals surface area (Å²) in [6.45, 7) is 0. The Bertz CT molecular complexity index is 103. The molecule has 2 N–H and O–H groups in total. The molecule has 9 heavy (non-hydrogen) atoms. The molecule has 2 unspecified atom stereocenters. The summed E-state index contributed by atoms with van der Waals surface area (Å²) >= 11 is 11.7. The van der Waals surface area contributed by atoms with E-state index >= 15 is 0 Å². The van der Waals surface area contributed by atoms with E-state index in [2.05, 4.69) is 0 Å². The minimum absolute atomic E-state index is 0.0343. The lowest BCUT2D eigenvalue weighted by Gasteiger charge is -2.31. The molecular formula is C6H11Cl2N. The van der Waals surface area contributed by atoms with E-state index in [1.54, 1.807) is 0 Å². The van der Waals surface area contributed by atoms with Gasteiger partial charge in [-0.1, -0.05) is 12.8 Å². The van der Waals surface area contributed by atoms with Crippen LogP contribution in [-0.2, 0) is 0 Å². The second-order valence-corrected chi connectivity index (χ2v) is 3.87. The van der Waals surface area contributed by atoms with Crippen LogP contribution in [0.25, 0.3) is 0 Å². The molecule has 0 aromatic heterocycles. The van der Waals surface area contributed by atoms with Crippen LogP contribution in [0.2, 0.25) is 0 Å². The van der Waals surface area contributed by atoms with Gasteiger partial charge in [-0.3, -0.25) is 0 Å². The second-order valence-electron chi connectivity index (χ2n) is 2.64. The monoisotopic (exact) mass is 167 g/mol. The van der Waals surface area contributed by atoms with Gasteiger partial charge in [0.15, 0.2) is 0 Å². The highest BCUT2D eigenvalue weighted by molar-refractivity contribution is 6.32. The van der Waals surface area contributed by atoms with Gasteiger partial charge in [-0.15, -0.1) is 23.2 Å². The third kappa shape index (κ3) is 1.73. The van der Waals surface area contributed by atoms with Crippen molar-refractivity contribution in [2.24, 2.45) is 5.73 Å². The summed E-state index contributed by atoms with van der Waals surface area (Å²) < 4.78 is 0. The molecule has 3 heteroatoms. The fourth-order valence-corrected chi connectivity index (χ4v) is 1.62. The lowest BCUT2D eigenvalue weighted by atomic mass is 9.95. The predicted octanol–water partition coefficient (Wildman–Crippen LogP) is 2.06.